The first-order chi connectivity index (χ1) is 17.4. The molecule has 0 aromatic carbocycles. The maximum atomic E-state index is 7.20. The monoisotopic (exact) mass is 572 g/mol. The van der Waals surface area contributed by atoms with Gasteiger partial charge in [0.15, 0.2) is 0 Å². The second-order valence-corrected chi connectivity index (χ2v) is 20.6. The Labute approximate surface area is 234 Å². The van der Waals surface area contributed by atoms with E-state index in [2.05, 4.69) is 84.1 Å². The molecular formula is C28H54Cl2N4Si2. The summed E-state index contributed by atoms with van der Waals surface area (Å²) >= 11 is 14.4. The summed E-state index contributed by atoms with van der Waals surface area (Å²) in [7, 11) is -3.88. The molecule has 4 nitrogen and oxygen atoms in total. The van der Waals surface area contributed by atoms with Crippen molar-refractivity contribution in [3.05, 3.63) is 24.3 Å². The van der Waals surface area contributed by atoms with E-state index in [1.54, 1.807) is 0 Å². The van der Waals surface area contributed by atoms with Gasteiger partial charge in [-0.25, -0.2) is 0 Å². The predicted octanol–water partition coefficient (Wildman–Crippen LogP) is 7.42. The number of allylic oxidation sites excluding steroid dienone is 4. The van der Waals surface area contributed by atoms with Gasteiger partial charge in [-0.05, 0) is 65.7 Å². The Kier molecular flexibility index (Phi) is 12.1. The first-order valence-corrected chi connectivity index (χ1v) is 21.3. The highest BCUT2D eigenvalue weighted by Gasteiger charge is 2.58. The Balaban J connectivity index is 0.000000201. The molecule has 4 rings (SSSR count). The molecule has 0 aromatic heterocycles. The van der Waals surface area contributed by atoms with Crippen molar-refractivity contribution >= 4 is 37.6 Å². The second kappa shape index (κ2) is 14.1. The SMILES string of the molecule is C/C=C/C[Si]1(Cl)N(CC)[C@@H]2CCCC[C@H]2N1CC.C/C=C\C[Si]1(Cl)N(CC)[C@@H]2CCCC[C@H]2N1CC. The highest BCUT2D eigenvalue weighted by Crippen LogP contribution is 2.44. The Morgan fingerprint density at radius 2 is 0.806 bits per heavy atom. The number of rotatable bonds is 8. The minimum absolute atomic E-state index is 0.734. The van der Waals surface area contributed by atoms with Crippen LogP contribution in [0.15, 0.2) is 24.3 Å². The number of likely N-dealkylation sites (N-methyl/N-ethyl adjacent to an activating group) is 4. The van der Waals surface area contributed by atoms with E-state index >= 15 is 0 Å². The Bertz CT molecular complexity index is 636. The minimum Gasteiger partial charge on any atom is -0.295 e. The van der Waals surface area contributed by atoms with Crippen molar-refractivity contribution < 1.29 is 0 Å². The Hall–Kier alpha value is 0.334. The first-order valence-electron chi connectivity index (χ1n) is 15.0. The van der Waals surface area contributed by atoms with Crippen molar-refractivity contribution in [2.24, 2.45) is 0 Å². The fourth-order valence-electron chi connectivity index (χ4n) is 7.90. The van der Waals surface area contributed by atoms with E-state index in [-0.39, 0.29) is 0 Å². The number of fused-ring (bicyclic) bond motifs is 2. The van der Waals surface area contributed by atoms with E-state index in [1.807, 2.05) is 0 Å². The molecular weight excluding hydrogens is 519 g/mol. The van der Waals surface area contributed by atoms with E-state index in [9.17, 15) is 0 Å². The van der Waals surface area contributed by atoms with Crippen LogP contribution in [0.1, 0.15) is 92.9 Å². The summed E-state index contributed by atoms with van der Waals surface area (Å²) in [5.41, 5.74) is 0. The molecule has 4 atom stereocenters. The molecule has 0 aromatic rings. The molecule has 208 valence electrons. The molecule has 2 saturated carbocycles. The average Bonchev–Trinajstić information content (AvgIpc) is 3.29. The lowest BCUT2D eigenvalue weighted by Crippen LogP contribution is -2.55. The smallest absolute Gasteiger partial charge is 0.295 e. The fraction of sp³-hybridized carbons (Fsp3) is 0.857. The number of nitrogens with zero attached hydrogens (tertiary/aromatic N) is 4. The van der Waals surface area contributed by atoms with Gasteiger partial charge in [-0.1, -0.05) is 77.7 Å². The standard InChI is InChI=1S/2C14H27ClN2Si/c2*1-4-7-12-18(15)16(5-2)13-10-8-9-11-14(13)17(18)6-3/h2*4,7,13-14H,5-6,8-12H2,1-3H3/b7-4+;7-4-/t2*13-,14-/m11/s1. The summed E-state index contributed by atoms with van der Waals surface area (Å²) in [5.74, 6) is 0. The first kappa shape index (κ1) is 30.9. The summed E-state index contributed by atoms with van der Waals surface area (Å²) in [6.45, 7) is 17.8. The molecule has 0 unspecified atom stereocenters. The summed E-state index contributed by atoms with van der Waals surface area (Å²) < 4.78 is 10.7. The van der Waals surface area contributed by atoms with E-state index in [0.717, 1.165) is 62.4 Å². The molecule has 2 saturated heterocycles. The fourth-order valence-corrected chi connectivity index (χ4v) is 19.2. The quantitative estimate of drug-likeness (QED) is 0.170. The lowest BCUT2D eigenvalue weighted by atomic mass is 9.90. The summed E-state index contributed by atoms with van der Waals surface area (Å²) in [6.07, 6.45) is 19.8. The molecule has 0 bridgehead atoms. The van der Waals surface area contributed by atoms with Gasteiger partial charge in [0.2, 0.25) is 0 Å². The van der Waals surface area contributed by atoms with E-state index in [0.29, 0.717) is 0 Å². The van der Waals surface area contributed by atoms with Crippen molar-refractivity contribution in [2.75, 3.05) is 26.2 Å². The van der Waals surface area contributed by atoms with E-state index < -0.39 is 15.4 Å². The van der Waals surface area contributed by atoms with Gasteiger partial charge < -0.3 is 0 Å². The second-order valence-electron chi connectivity index (χ2n) is 11.0. The molecule has 0 spiro atoms. The van der Waals surface area contributed by atoms with Crippen molar-refractivity contribution in [2.45, 2.75) is 129 Å². The Morgan fingerprint density at radius 1 is 0.556 bits per heavy atom. The van der Waals surface area contributed by atoms with Gasteiger partial charge in [-0.2, -0.15) is 0 Å². The average molecular weight is 574 g/mol. The minimum atomic E-state index is -1.94. The van der Waals surface area contributed by atoms with Gasteiger partial charge in [0, 0.05) is 36.3 Å². The molecule has 4 fully saturated rings. The zero-order valence-electron chi connectivity index (χ0n) is 24.1. The molecule has 0 N–H and O–H groups in total. The maximum Gasteiger partial charge on any atom is 0.311 e. The van der Waals surface area contributed by atoms with Crippen molar-refractivity contribution in [1.29, 1.82) is 0 Å². The lowest BCUT2D eigenvalue weighted by molar-refractivity contribution is 0.210. The van der Waals surface area contributed by atoms with Crippen molar-refractivity contribution in [3.63, 3.8) is 0 Å². The molecule has 0 amide bonds. The van der Waals surface area contributed by atoms with Crippen LogP contribution >= 0.6 is 22.2 Å². The third-order valence-corrected chi connectivity index (χ3v) is 20.5. The molecule has 2 heterocycles. The lowest BCUT2D eigenvalue weighted by Gasteiger charge is -2.35. The maximum absolute atomic E-state index is 7.20. The molecule has 2 aliphatic carbocycles. The summed E-state index contributed by atoms with van der Waals surface area (Å²) in [6, 6.07) is 5.08. The molecule has 2 aliphatic heterocycles. The number of hydrogen-bond donors (Lipinski definition) is 0. The Morgan fingerprint density at radius 3 is 1.00 bits per heavy atom. The van der Waals surface area contributed by atoms with E-state index in [1.165, 1.54) is 51.4 Å². The molecule has 8 heteroatoms. The zero-order chi connectivity index (χ0) is 26.3. The van der Waals surface area contributed by atoms with Crippen LogP contribution in [0.3, 0.4) is 0 Å². The predicted molar refractivity (Wildman–Crippen MR) is 164 cm³/mol. The van der Waals surface area contributed by atoms with Gasteiger partial charge in [-0.3, -0.25) is 18.3 Å². The highest BCUT2D eigenvalue weighted by atomic mass is 35.6. The normalized spacial score (nSPS) is 33.1. The topological polar surface area (TPSA) is 13.0 Å². The highest BCUT2D eigenvalue weighted by molar-refractivity contribution is 7.18. The van der Waals surface area contributed by atoms with Gasteiger partial charge >= 0.3 is 15.4 Å². The van der Waals surface area contributed by atoms with Crippen LogP contribution < -0.4 is 0 Å². The number of halogens is 2. The zero-order valence-corrected chi connectivity index (χ0v) is 27.6. The van der Waals surface area contributed by atoms with Gasteiger partial charge in [0.25, 0.3) is 0 Å². The summed E-state index contributed by atoms with van der Waals surface area (Å²) in [4.78, 5) is 0. The van der Waals surface area contributed by atoms with Crippen molar-refractivity contribution in [1.82, 2.24) is 18.3 Å². The van der Waals surface area contributed by atoms with Crippen LogP contribution in [0.25, 0.3) is 0 Å². The van der Waals surface area contributed by atoms with Gasteiger partial charge in [0.05, 0.1) is 0 Å². The van der Waals surface area contributed by atoms with Crippen LogP contribution in [-0.4, -0.2) is 84.0 Å². The van der Waals surface area contributed by atoms with Gasteiger partial charge in [-0.15, -0.1) is 22.2 Å². The third-order valence-electron chi connectivity index (χ3n) is 9.34. The summed E-state index contributed by atoms with van der Waals surface area (Å²) in [5, 5.41) is 0. The largest absolute Gasteiger partial charge is 0.311 e. The van der Waals surface area contributed by atoms with Crippen LogP contribution in [0.2, 0.25) is 12.1 Å². The van der Waals surface area contributed by atoms with Crippen LogP contribution in [-0.2, 0) is 0 Å². The molecule has 36 heavy (non-hydrogen) atoms. The van der Waals surface area contributed by atoms with Crippen LogP contribution in [0.4, 0.5) is 0 Å². The van der Waals surface area contributed by atoms with Crippen molar-refractivity contribution in [3.8, 4) is 0 Å². The van der Waals surface area contributed by atoms with Gasteiger partial charge in [0.1, 0.15) is 0 Å². The third kappa shape index (κ3) is 5.91. The molecule has 4 aliphatic rings. The number of hydrogen-bond acceptors (Lipinski definition) is 4. The van der Waals surface area contributed by atoms with E-state index in [4.69, 9.17) is 22.2 Å². The van der Waals surface area contributed by atoms with Crippen LogP contribution in [0.5, 0.6) is 0 Å². The molecule has 0 radical (unpaired) electrons. The van der Waals surface area contributed by atoms with Crippen LogP contribution in [0, 0.1) is 0 Å².